The van der Waals surface area contributed by atoms with Gasteiger partial charge in [0.15, 0.2) is 5.16 Å². The van der Waals surface area contributed by atoms with Crippen molar-refractivity contribution in [1.29, 1.82) is 0 Å². The lowest BCUT2D eigenvalue weighted by Crippen LogP contribution is -2.33. The number of rotatable bonds is 7. The summed E-state index contributed by atoms with van der Waals surface area (Å²) in [6.07, 6.45) is 1.72. The number of thioether (sulfide) groups is 1. The summed E-state index contributed by atoms with van der Waals surface area (Å²) in [6, 6.07) is 7.38. The Kier molecular flexibility index (Phi) is 6.43. The van der Waals surface area contributed by atoms with Gasteiger partial charge in [0.05, 0.1) is 16.2 Å². The van der Waals surface area contributed by atoms with Crippen molar-refractivity contribution in [2.75, 3.05) is 6.54 Å². The summed E-state index contributed by atoms with van der Waals surface area (Å²) in [5, 5.41) is 3.81. The van der Waals surface area contributed by atoms with E-state index in [9.17, 15) is 9.59 Å². The third kappa shape index (κ3) is 3.98. The Morgan fingerprint density at radius 1 is 1.29 bits per heavy atom. The molecule has 6 heteroatoms. The van der Waals surface area contributed by atoms with Crippen LogP contribution in [0.4, 0.5) is 0 Å². The SMILES string of the molecule is CCCNC(=O)[C@@H](C)Sc1nc2ccccc2c(=O)n1[C@H](C)CC. The fourth-order valence-electron chi connectivity index (χ4n) is 2.38. The number of hydrogen-bond acceptors (Lipinski definition) is 4. The number of carbonyl (C=O) groups is 1. The number of benzene rings is 1. The van der Waals surface area contributed by atoms with Crippen LogP contribution >= 0.6 is 11.8 Å². The number of nitrogens with one attached hydrogen (secondary N) is 1. The van der Waals surface area contributed by atoms with Crippen LogP contribution in [0.5, 0.6) is 0 Å². The largest absolute Gasteiger partial charge is 0.355 e. The van der Waals surface area contributed by atoms with Crippen LogP contribution in [0.2, 0.25) is 0 Å². The Balaban J connectivity index is 2.44. The molecule has 2 aromatic rings. The molecule has 1 aromatic heterocycles. The van der Waals surface area contributed by atoms with Gasteiger partial charge in [0.25, 0.3) is 5.56 Å². The average Bonchev–Trinajstić information content (AvgIpc) is 2.59. The molecule has 2 atom stereocenters. The molecule has 0 unspecified atom stereocenters. The Bertz CT molecular complexity index is 772. The highest BCUT2D eigenvalue weighted by Gasteiger charge is 2.20. The molecular weight excluding hydrogens is 322 g/mol. The monoisotopic (exact) mass is 347 g/mol. The number of carbonyl (C=O) groups excluding carboxylic acids is 1. The maximum Gasteiger partial charge on any atom is 0.262 e. The molecule has 130 valence electrons. The quantitative estimate of drug-likeness (QED) is 0.616. The first-order chi connectivity index (χ1) is 11.5. The van der Waals surface area contributed by atoms with E-state index in [0.29, 0.717) is 22.6 Å². The summed E-state index contributed by atoms with van der Waals surface area (Å²) in [7, 11) is 0. The molecule has 0 aliphatic carbocycles. The summed E-state index contributed by atoms with van der Waals surface area (Å²) in [5.74, 6) is -0.0278. The zero-order valence-electron chi connectivity index (χ0n) is 14.7. The Hall–Kier alpha value is -1.82. The van der Waals surface area contributed by atoms with Gasteiger partial charge in [-0.05, 0) is 38.8 Å². The molecule has 24 heavy (non-hydrogen) atoms. The van der Waals surface area contributed by atoms with E-state index in [4.69, 9.17) is 0 Å². The summed E-state index contributed by atoms with van der Waals surface area (Å²) in [5.41, 5.74) is 0.629. The minimum atomic E-state index is -0.306. The topological polar surface area (TPSA) is 64.0 Å². The standard InChI is InChI=1S/C18H25N3O2S/c1-5-11-19-16(22)13(4)24-18-20-15-10-8-7-9-14(15)17(23)21(18)12(3)6-2/h7-10,12-13H,5-6,11H2,1-4H3,(H,19,22)/t12-,13-/m1/s1. The molecule has 1 amide bonds. The molecule has 0 bridgehead atoms. The predicted octanol–water partition coefficient (Wildman–Crippen LogP) is 3.37. The van der Waals surface area contributed by atoms with Crippen molar-refractivity contribution < 1.29 is 4.79 Å². The predicted molar refractivity (Wildman–Crippen MR) is 99.6 cm³/mol. The fourth-order valence-corrected chi connectivity index (χ4v) is 3.42. The number of amides is 1. The van der Waals surface area contributed by atoms with Gasteiger partial charge in [-0.1, -0.05) is 37.7 Å². The number of hydrogen-bond donors (Lipinski definition) is 1. The second-order valence-corrected chi connectivity index (χ2v) is 7.20. The second-order valence-electron chi connectivity index (χ2n) is 5.90. The van der Waals surface area contributed by atoms with Crippen LogP contribution in [0.25, 0.3) is 10.9 Å². The van der Waals surface area contributed by atoms with E-state index < -0.39 is 0 Å². The molecule has 0 saturated carbocycles. The van der Waals surface area contributed by atoms with E-state index >= 15 is 0 Å². The Morgan fingerprint density at radius 3 is 2.67 bits per heavy atom. The lowest BCUT2D eigenvalue weighted by molar-refractivity contribution is -0.120. The third-order valence-corrected chi connectivity index (χ3v) is 5.07. The highest BCUT2D eigenvalue weighted by atomic mass is 32.2. The van der Waals surface area contributed by atoms with E-state index in [-0.39, 0.29) is 22.8 Å². The van der Waals surface area contributed by atoms with Gasteiger partial charge in [-0.2, -0.15) is 0 Å². The average molecular weight is 347 g/mol. The van der Waals surface area contributed by atoms with Gasteiger partial charge < -0.3 is 5.32 Å². The number of fused-ring (bicyclic) bond motifs is 1. The number of aromatic nitrogens is 2. The smallest absolute Gasteiger partial charge is 0.262 e. The van der Waals surface area contributed by atoms with Crippen molar-refractivity contribution in [2.24, 2.45) is 0 Å². The van der Waals surface area contributed by atoms with Crippen LogP contribution in [0.1, 0.15) is 46.6 Å². The minimum Gasteiger partial charge on any atom is -0.355 e. The van der Waals surface area contributed by atoms with Gasteiger partial charge in [-0.25, -0.2) is 4.98 Å². The third-order valence-electron chi connectivity index (χ3n) is 4.01. The lowest BCUT2D eigenvalue weighted by Gasteiger charge is -2.20. The molecule has 0 fully saturated rings. The van der Waals surface area contributed by atoms with Crippen molar-refractivity contribution in [3.05, 3.63) is 34.6 Å². The molecule has 1 N–H and O–H groups in total. The second kappa shape index (κ2) is 8.33. The summed E-state index contributed by atoms with van der Waals surface area (Å²) in [6.45, 7) is 8.57. The maximum absolute atomic E-state index is 12.9. The highest BCUT2D eigenvalue weighted by molar-refractivity contribution is 8.00. The molecule has 0 aliphatic rings. The van der Waals surface area contributed by atoms with E-state index in [2.05, 4.69) is 10.3 Å². The van der Waals surface area contributed by atoms with Crippen LogP contribution in [-0.4, -0.2) is 27.3 Å². The molecule has 1 heterocycles. The van der Waals surface area contributed by atoms with Gasteiger partial charge in [-0.15, -0.1) is 0 Å². The zero-order valence-corrected chi connectivity index (χ0v) is 15.5. The van der Waals surface area contributed by atoms with Gasteiger partial charge in [0.1, 0.15) is 0 Å². The van der Waals surface area contributed by atoms with Crippen molar-refractivity contribution in [1.82, 2.24) is 14.9 Å². The van der Waals surface area contributed by atoms with Crippen molar-refractivity contribution >= 4 is 28.6 Å². The van der Waals surface area contributed by atoms with Gasteiger partial charge in [-0.3, -0.25) is 14.2 Å². The Morgan fingerprint density at radius 2 is 2.00 bits per heavy atom. The van der Waals surface area contributed by atoms with Crippen molar-refractivity contribution in [3.63, 3.8) is 0 Å². The van der Waals surface area contributed by atoms with Crippen LogP contribution in [0, 0.1) is 0 Å². The molecule has 5 nitrogen and oxygen atoms in total. The van der Waals surface area contributed by atoms with E-state index in [1.54, 1.807) is 10.6 Å². The van der Waals surface area contributed by atoms with Gasteiger partial charge >= 0.3 is 0 Å². The highest BCUT2D eigenvalue weighted by Crippen LogP contribution is 2.25. The summed E-state index contributed by atoms with van der Waals surface area (Å²) < 4.78 is 1.72. The van der Waals surface area contributed by atoms with E-state index in [1.165, 1.54) is 11.8 Å². The lowest BCUT2D eigenvalue weighted by atomic mass is 10.2. The number of para-hydroxylation sites is 1. The van der Waals surface area contributed by atoms with E-state index in [1.807, 2.05) is 45.9 Å². The molecule has 0 radical (unpaired) electrons. The first-order valence-electron chi connectivity index (χ1n) is 8.45. The summed E-state index contributed by atoms with van der Waals surface area (Å²) in [4.78, 5) is 29.7. The van der Waals surface area contributed by atoms with E-state index in [0.717, 1.165) is 12.8 Å². The molecule has 2 rings (SSSR count). The van der Waals surface area contributed by atoms with Crippen LogP contribution in [0.15, 0.2) is 34.2 Å². The van der Waals surface area contributed by atoms with Crippen LogP contribution in [-0.2, 0) is 4.79 Å². The summed E-state index contributed by atoms with van der Waals surface area (Å²) >= 11 is 1.34. The van der Waals surface area contributed by atoms with Crippen molar-refractivity contribution in [2.45, 2.75) is 57.0 Å². The first kappa shape index (κ1) is 18.5. The van der Waals surface area contributed by atoms with Crippen LogP contribution in [0.3, 0.4) is 0 Å². The normalized spacial score (nSPS) is 13.7. The van der Waals surface area contributed by atoms with Crippen LogP contribution < -0.4 is 10.9 Å². The van der Waals surface area contributed by atoms with Gasteiger partial charge in [0.2, 0.25) is 5.91 Å². The first-order valence-corrected chi connectivity index (χ1v) is 9.33. The van der Waals surface area contributed by atoms with Crippen molar-refractivity contribution in [3.8, 4) is 0 Å². The maximum atomic E-state index is 12.9. The molecule has 0 spiro atoms. The molecule has 0 aliphatic heterocycles. The zero-order chi connectivity index (χ0) is 17.7. The Labute approximate surface area is 146 Å². The minimum absolute atomic E-state index is 0.0278. The molecule has 1 aromatic carbocycles. The molecular formula is C18H25N3O2S. The van der Waals surface area contributed by atoms with Gasteiger partial charge in [0, 0.05) is 12.6 Å². The number of nitrogens with zero attached hydrogens (tertiary/aromatic N) is 2. The fraction of sp³-hybridized carbons (Fsp3) is 0.500. The molecule has 0 saturated heterocycles.